The summed E-state index contributed by atoms with van der Waals surface area (Å²) in [5.74, 6) is -17.8. The molecule has 1 fully saturated rings. The number of nitrogens with zero attached hydrogens (tertiary/aromatic N) is 2. The van der Waals surface area contributed by atoms with Gasteiger partial charge >= 0.3 is 11.9 Å². The summed E-state index contributed by atoms with van der Waals surface area (Å²) in [7, 11) is 0. The van der Waals surface area contributed by atoms with E-state index in [4.69, 9.17) is 28.0 Å². The Hall–Kier alpha value is -10.0. The molecule has 510 valence electrons. The largest absolute Gasteiger partial charge is 0.481 e. The molecule has 0 unspecified atom stereocenters. The van der Waals surface area contributed by atoms with Crippen LogP contribution in [0.2, 0.25) is 0 Å². The van der Waals surface area contributed by atoms with Gasteiger partial charge in [0, 0.05) is 32.9 Å². The van der Waals surface area contributed by atoms with E-state index in [0.29, 0.717) is 12.0 Å². The van der Waals surface area contributed by atoms with Crippen molar-refractivity contribution in [2.24, 2.45) is 39.8 Å². The quantitative estimate of drug-likeness (QED) is 0.0165. The fourth-order valence-electron chi connectivity index (χ4n) is 9.06. The van der Waals surface area contributed by atoms with Gasteiger partial charge in [-0.1, -0.05) is 58.0 Å². The lowest BCUT2D eigenvalue weighted by Crippen LogP contribution is -2.61. The molecule has 0 saturated carbocycles. The van der Waals surface area contributed by atoms with Crippen LogP contribution in [-0.4, -0.2) is 214 Å². The molecule has 22 N–H and O–H groups in total. The molecule has 14 amide bonds. The molecule has 0 spiro atoms. The van der Waals surface area contributed by atoms with Gasteiger partial charge in [-0.2, -0.15) is 0 Å². The normalized spacial score (nSPS) is 15.8. The molecule has 2 rings (SSSR count). The van der Waals surface area contributed by atoms with Crippen molar-refractivity contribution in [3.8, 4) is 0 Å². The highest BCUT2D eigenvalue weighted by atomic mass is 16.4. The van der Waals surface area contributed by atoms with Gasteiger partial charge in [0.25, 0.3) is 0 Å². The molecule has 92 heavy (non-hydrogen) atoms. The van der Waals surface area contributed by atoms with Crippen LogP contribution in [0.5, 0.6) is 0 Å². The van der Waals surface area contributed by atoms with Crippen molar-refractivity contribution in [2.75, 3.05) is 26.2 Å². The van der Waals surface area contributed by atoms with Crippen LogP contribution in [0.15, 0.2) is 35.3 Å². The standard InChI is InChI=1S/C56H87N17O19/c1-26(2)43(71-49(86)32(15-11-19-61-56(59)60)67-52(89)37(25-74)65-30(7)75)54(91)72-44(27(3)4)55(92)73-20-12-16-38(73)53(90)62-24-40(77)66-33(17-18-39(57)76)48(85)70-35(21-31-13-9-8-10-14-31)50(87)63-29(6)47(84)69-36(23-42(80)81)51(88)64-28(5)46(83)68-34(45(58)82)22-41(78)79/h8-10,13-14,26-29,32-38,43-44,74H,11-12,15-25H2,1-7H3,(H2,57,76)(H2,58,82)(H,62,90)(H,63,87)(H,64,88)(H,65,75)(H,66,77)(H,67,89)(H,68,83)(H,69,84)(H,70,85)(H,71,86)(H,72,91)(H,78,79)(H,80,81)(H4,59,60,61)/t28-,29+,32-,33-,34-,35-,36-,37-,38-,43-,44-/m0/s1. The van der Waals surface area contributed by atoms with Crippen LogP contribution in [-0.2, 0) is 83.1 Å². The number of carbonyl (C=O) groups is 16. The van der Waals surface area contributed by atoms with Crippen LogP contribution in [0.4, 0.5) is 0 Å². The zero-order valence-electron chi connectivity index (χ0n) is 52.2. The summed E-state index contributed by atoms with van der Waals surface area (Å²) < 4.78 is 0. The van der Waals surface area contributed by atoms with Crippen molar-refractivity contribution in [2.45, 2.75) is 173 Å². The Morgan fingerprint density at radius 1 is 0.565 bits per heavy atom. The second-order valence-electron chi connectivity index (χ2n) is 22.4. The van der Waals surface area contributed by atoms with Gasteiger partial charge in [0.15, 0.2) is 5.96 Å². The average molecular weight is 1300 g/mol. The van der Waals surface area contributed by atoms with Crippen LogP contribution >= 0.6 is 0 Å². The van der Waals surface area contributed by atoms with Gasteiger partial charge in [0.05, 0.1) is 26.0 Å². The summed E-state index contributed by atoms with van der Waals surface area (Å²) in [5.41, 5.74) is 21.9. The van der Waals surface area contributed by atoms with E-state index in [0.717, 1.165) is 20.8 Å². The van der Waals surface area contributed by atoms with Crippen molar-refractivity contribution >= 4 is 101 Å². The number of carboxylic acid groups (broad SMARTS) is 2. The van der Waals surface area contributed by atoms with Gasteiger partial charge < -0.3 is 102 Å². The first-order valence-electron chi connectivity index (χ1n) is 29.4. The molecule has 1 saturated heterocycles. The SMILES string of the molecule is CC(=O)N[C@@H](CO)C(=O)N[C@@H](CCCN=C(N)N)C(=O)N[C@H](C(=O)N[C@H](C(=O)N1CCC[C@H]1C(=O)NCC(=O)N[C@@H](CCC(N)=O)C(=O)N[C@@H](Cc1ccccc1)C(=O)N[C@H](C)C(=O)N[C@@H](CC(=O)O)C(=O)N[C@@H](C)C(=O)N[C@@H](CC(=O)O)C(N)=O)C(C)C)C(C)C. The number of nitrogens with one attached hydrogen (secondary N) is 11. The Labute approximate surface area is 529 Å². The zero-order chi connectivity index (χ0) is 69.7. The Kier molecular flexibility index (Phi) is 32.7. The minimum Gasteiger partial charge on any atom is -0.481 e. The molecule has 36 nitrogen and oxygen atoms in total. The number of primary amides is 2. The number of rotatable bonds is 39. The number of nitrogens with two attached hydrogens (primary N) is 4. The number of benzene rings is 1. The number of carbonyl (C=O) groups excluding carboxylic acids is 14. The topological polar surface area (TPSA) is 586 Å². The Bertz CT molecular complexity index is 2870. The minimum atomic E-state index is -1.89. The molecule has 1 aromatic carbocycles. The number of aliphatic carboxylic acids is 2. The van der Waals surface area contributed by atoms with Crippen LogP contribution in [0, 0.1) is 11.8 Å². The molecule has 0 aliphatic carbocycles. The first kappa shape index (κ1) is 78.1. The fraction of sp³-hybridized carbons (Fsp3) is 0.589. The Balaban J connectivity index is 2.28. The summed E-state index contributed by atoms with van der Waals surface area (Å²) in [6.07, 6.45) is -2.57. The number of hydrogen-bond donors (Lipinski definition) is 18. The summed E-state index contributed by atoms with van der Waals surface area (Å²) in [5, 5.41) is 54.4. The van der Waals surface area contributed by atoms with Crippen LogP contribution in [0.1, 0.15) is 105 Å². The van der Waals surface area contributed by atoms with E-state index < -0.39 is 212 Å². The van der Waals surface area contributed by atoms with E-state index >= 15 is 0 Å². The van der Waals surface area contributed by atoms with Gasteiger partial charge in [-0.05, 0) is 63.4 Å². The monoisotopic (exact) mass is 1300 g/mol. The molecule has 11 atom stereocenters. The lowest BCUT2D eigenvalue weighted by Gasteiger charge is -2.32. The first-order chi connectivity index (χ1) is 43.1. The maximum Gasteiger partial charge on any atom is 0.305 e. The number of amides is 14. The van der Waals surface area contributed by atoms with E-state index in [-0.39, 0.29) is 44.7 Å². The van der Waals surface area contributed by atoms with E-state index in [9.17, 15) is 86.9 Å². The molecule has 0 radical (unpaired) electrons. The summed E-state index contributed by atoms with van der Waals surface area (Å²) in [6, 6.07) is -8.26. The predicted octanol–water partition coefficient (Wildman–Crippen LogP) is -7.70. The number of carboxylic acids is 2. The van der Waals surface area contributed by atoms with Crippen molar-refractivity contribution in [1.82, 2.24) is 63.4 Å². The highest BCUT2D eigenvalue weighted by Crippen LogP contribution is 2.21. The predicted molar refractivity (Wildman–Crippen MR) is 323 cm³/mol. The molecule has 1 aromatic rings. The fourth-order valence-corrected chi connectivity index (χ4v) is 9.06. The third-order valence-electron chi connectivity index (χ3n) is 14.0. The smallest absolute Gasteiger partial charge is 0.305 e. The molecule has 1 aliphatic heterocycles. The number of guanidine groups is 1. The van der Waals surface area contributed by atoms with E-state index in [1.54, 1.807) is 58.0 Å². The molecule has 36 heteroatoms. The number of hydrogen-bond acceptors (Lipinski definition) is 18. The lowest BCUT2D eigenvalue weighted by atomic mass is 9.98. The molecule has 0 bridgehead atoms. The molecule has 0 aromatic heterocycles. The lowest BCUT2D eigenvalue weighted by molar-refractivity contribution is -0.143. The van der Waals surface area contributed by atoms with Crippen LogP contribution in [0.3, 0.4) is 0 Å². The van der Waals surface area contributed by atoms with Gasteiger partial charge in [-0.3, -0.25) is 81.7 Å². The molecular formula is C56H87N17O19. The van der Waals surface area contributed by atoms with Gasteiger partial charge in [-0.15, -0.1) is 0 Å². The van der Waals surface area contributed by atoms with Crippen LogP contribution in [0.25, 0.3) is 0 Å². The average Bonchev–Trinajstić information content (AvgIpc) is 1.61. The highest BCUT2D eigenvalue weighted by molar-refractivity contribution is 6.00. The highest BCUT2D eigenvalue weighted by Gasteiger charge is 2.41. The minimum absolute atomic E-state index is 0.0443. The summed E-state index contributed by atoms with van der Waals surface area (Å²) >= 11 is 0. The summed E-state index contributed by atoms with van der Waals surface area (Å²) in [4.78, 5) is 213. The number of aliphatic hydroxyl groups excluding tert-OH is 1. The number of aliphatic hydroxyl groups is 1. The molecule has 1 heterocycles. The number of likely N-dealkylation sites (tertiary alicyclic amines) is 1. The van der Waals surface area contributed by atoms with Gasteiger partial charge in [0.2, 0.25) is 82.7 Å². The van der Waals surface area contributed by atoms with Crippen molar-refractivity contribution in [3.63, 3.8) is 0 Å². The maximum absolute atomic E-state index is 14.3. The first-order valence-corrected chi connectivity index (χ1v) is 29.4. The molecule has 1 aliphatic rings. The Morgan fingerprint density at radius 2 is 1.05 bits per heavy atom. The zero-order valence-corrected chi connectivity index (χ0v) is 52.2. The Morgan fingerprint density at radius 3 is 1.58 bits per heavy atom. The van der Waals surface area contributed by atoms with E-state index in [1.807, 2.05) is 5.32 Å². The van der Waals surface area contributed by atoms with Crippen molar-refractivity contribution in [3.05, 3.63) is 35.9 Å². The molecular weight excluding hydrogens is 1210 g/mol. The second-order valence-corrected chi connectivity index (χ2v) is 22.4. The van der Waals surface area contributed by atoms with E-state index in [2.05, 4.69) is 58.2 Å². The van der Waals surface area contributed by atoms with E-state index in [1.165, 1.54) is 4.90 Å². The number of aliphatic imine (C=N–C) groups is 1. The third kappa shape index (κ3) is 27.4. The van der Waals surface area contributed by atoms with Crippen molar-refractivity contribution in [1.29, 1.82) is 0 Å². The van der Waals surface area contributed by atoms with Gasteiger partial charge in [0.1, 0.15) is 66.5 Å². The van der Waals surface area contributed by atoms with Gasteiger partial charge in [-0.25, -0.2) is 0 Å². The van der Waals surface area contributed by atoms with Crippen LogP contribution < -0.4 is 81.4 Å². The maximum atomic E-state index is 14.3. The third-order valence-corrected chi connectivity index (χ3v) is 14.0. The summed E-state index contributed by atoms with van der Waals surface area (Å²) in [6.45, 7) is 8.33. The second kappa shape index (κ2) is 38.5. The van der Waals surface area contributed by atoms with Crippen molar-refractivity contribution < 1.29 is 92.0 Å².